The van der Waals surface area contributed by atoms with Gasteiger partial charge in [0, 0.05) is 25.9 Å². The normalized spacial score (nSPS) is 31.6. The highest BCUT2D eigenvalue weighted by atomic mass is 16.5. The van der Waals surface area contributed by atoms with Gasteiger partial charge in [-0.15, -0.1) is 0 Å². The Labute approximate surface area is 70.9 Å². The average molecular weight is 174 g/mol. The molecule has 1 saturated heterocycles. The van der Waals surface area contributed by atoms with Crippen LogP contribution in [0.15, 0.2) is 0 Å². The average Bonchev–Trinajstić information content (AvgIpc) is 1.96. The van der Waals surface area contributed by atoms with Crippen molar-refractivity contribution in [1.29, 1.82) is 0 Å². The van der Waals surface area contributed by atoms with Crippen molar-refractivity contribution >= 4 is 5.91 Å². The van der Waals surface area contributed by atoms with Gasteiger partial charge >= 0.3 is 0 Å². The number of carbonyl (C=O) groups is 1. The van der Waals surface area contributed by atoms with Gasteiger partial charge in [-0.1, -0.05) is 0 Å². The SMILES string of the molecule is CC(=O)NC1CCN(O)C(O)C1. The van der Waals surface area contributed by atoms with Gasteiger partial charge in [0.25, 0.3) is 0 Å². The Bertz CT molecular complexity index is 174. The van der Waals surface area contributed by atoms with Crippen LogP contribution in [0.1, 0.15) is 19.8 Å². The fraction of sp³-hybridized carbons (Fsp3) is 0.857. The summed E-state index contributed by atoms with van der Waals surface area (Å²) in [6.07, 6.45) is 0.207. The zero-order valence-corrected chi connectivity index (χ0v) is 7.03. The van der Waals surface area contributed by atoms with E-state index in [1.54, 1.807) is 0 Å². The number of amides is 1. The largest absolute Gasteiger partial charge is 0.376 e. The molecule has 5 nitrogen and oxygen atoms in total. The molecule has 2 atom stereocenters. The first-order valence-corrected chi connectivity index (χ1v) is 4.00. The van der Waals surface area contributed by atoms with Crippen molar-refractivity contribution in [3.05, 3.63) is 0 Å². The predicted molar refractivity (Wildman–Crippen MR) is 41.3 cm³/mol. The lowest BCUT2D eigenvalue weighted by molar-refractivity contribution is -0.214. The quantitative estimate of drug-likeness (QED) is 0.491. The molecule has 0 aromatic rings. The lowest BCUT2D eigenvalue weighted by Gasteiger charge is -2.32. The zero-order valence-electron chi connectivity index (χ0n) is 7.03. The van der Waals surface area contributed by atoms with E-state index in [9.17, 15) is 9.90 Å². The smallest absolute Gasteiger partial charge is 0.217 e. The van der Waals surface area contributed by atoms with Crippen molar-refractivity contribution in [1.82, 2.24) is 10.4 Å². The minimum Gasteiger partial charge on any atom is -0.376 e. The van der Waals surface area contributed by atoms with Crippen LogP contribution in [0.25, 0.3) is 0 Å². The number of carbonyl (C=O) groups excluding carboxylic acids is 1. The predicted octanol–water partition coefficient (Wildman–Crippen LogP) is -0.705. The summed E-state index contributed by atoms with van der Waals surface area (Å²) in [5.41, 5.74) is 0. The second kappa shape index (κ2) is 3.84. The second-order valence-electron chi connectivity index (χ2n) is 3.07. The van der Waals surface area contributed by atoms with Crippen molar-refractivity contribution in [3.63, 3.8) is 0 Å². The van der Waals surface area contributed by atoms with Gasteiger partial charge in [0.1, 0.15) is 6.23 Å². The first kappa shape index (κ1) is 9.44. The standard InChI is InChI=1S/C7H14N2O3/c1-5(10)8-6-2-3-9(12)7(11)4-6/h6-7,11-12H,2-4H2,1H3,(H,8,10). The number of nitrogens with zero attached hydrogens (tertiary/aromatic N) is 1. The molecule has 0 saturated carbocycles. The van der Waals surface area contributed by atoms with E-state index in [1.165, 1.54) is 6.92 Å². The number of hydroxylamine groups is 2. The zero-order chi connectivity index (χ0) is 9.14. The third-order valence-corrected chi connectivity index (χ3v) is 1.95. The van der Waals surface area contributed by atoms with E-state index in [0.717, 1.165) is 5.06 Å². The molecule has 5 heteroatoms. The van der Waals surface area contributed by atoms with Gasteiger partial charge < -0.3 is 15.6 Å². The van der Waals surface area contributed by atoms with Crippen LogP contribution in [0.2, 0.25) is 0 Å². The van der Waals surface area contributed by atoms with E-state index in [1.807, 2.05) is 0 Å². The molecule has 12 heavy (non-hydrogen) atoms. The molecule has 0 bridgehead atoms. The first-order valence-electron chi connectivity index (χ1n) is 4.00. The van der Waals surface area contributed by atoms with E-state index in [2.05, 4.69) is 5.32 Å². The molecule has 1 rings (SSSR count). The molecule has 0 spiro atoms. The number of hydrogen-bond acceptors (Lipinski definition) is 4. The molecule has 1 aliphatic heterocycles. The van der Waals surface area contributed by atoms with E-state index < -0.39 is 6.23 Å². The summed E-state index contributed by atoms with van der Waals surface area (Å²) in [6.45, 7) is 1.84. The van der Waals surface area contributed by atoms with Crippen LogP contribution in [-0.2, 0) is 4.79 Å². The van der Waals surface area contributed by atoms with E-state index in [-0.39, 0.29) is 11.9 Å². The maximum absolute atomic E-state index is 10.6. The Hall–Kier alpha value is -0.650. The van der Waals surface area contributed by atoms with Crippen LogP contribution in [-0.4, -0.2) is 40.1 Å². The molecule has 1 amide bonds. The molecule has 1 fully saturated rings. The van der Waals surface area contributed by atoms with E-state index in [4.69, 9.17) is 5.21 Å². The minimum absolute atomic E-state index is 0.0131. The summed E-state index contributed by atoms with van der Waals surface area (Å²) in [4.78, 5) is 10.6. The molecule has 1 heterocycles. The molecular formula is C7H14N2O3. The highest BCUT2D eigenvalue weighted by Crippen LogP contribution is 2.12. The van der Waals surface area contributed by atoms with Crippen LogP contribution < -0.4 is 5.32 Å². The molecule has 0 aliphatic carbocycles. The van der Waals surface area contributed by atoms with Gasteiger partial charge in [0.05, 0.1) is 0 Å². The van der Waals surface area contributed by atoms with Crippen LogP contribution in [0.5, 0.6) is 0 Å². The van der Waals surface area contributed by atoms with Gasteiger partial charge in [0.15, 0.2) is 0 Å². The number of rotatable bonds is 1. The van der Waals surface area contributed by atoms with Crippen LogP contribution in [0.4, 0.5) is 0 Å². The fourth-order valence-electron chi connectivity index (χ4n) is 1.35. The highest BCUT2D eigenvalue weighted by molar-refractivity contribution is 5.73. The Morgan fingerprint density at radius 1 is 1.67 bits per heavy atom. The summed E-state index contributed by atoms with van der Waals surface area (Å²) >= 11 is 0. The van der Waals surface area contributed by atoms with Gasteiger partial charge in [-0.25, -0.2) is 0 Å². The van der Waals surface area contributed by atoms with Crippen molar-refractivity contribution < 1.29 is 15.1 Å². The third kappa shape index (κ3) is 2.44. The topological polar surface area (TPSA) is 72.8 Å². The molecule has 2 unspecified atom stereocenters. The Morgan fingerprint density at radius 3 is 2.83 bits per heavy atom. The molecule has 0 radical (unpaired) electrons. The molecule has 0 aromatic carbocycles. The number of hydrogen-bond donors (Lipinski definition) is 3. The summed E-state index contributed by atoms with van der Waals surface area (Å²) in [5.74, 6) is -0.0985. The lowest BCUT2D eigenvalue weighted by Crippen LogP contribution is -2.48. The van der Waals surface area contributed by atoms with Crippen molar-refractivity contribution in [2.24, 2.45) is 0 Å². The van der Waals surface area contributed by atoms with E-state index >= 15 is 0 Å². The molecule has 70 valence electrons. The van der Waals surface area contributed by atoms with Crippen LogP contribution in [0, 0.1) is 0 Å². The van der Waals surface area contributed by atoms with Crippen LogP contribution in [0.3, 0.4) is 0 Å². The van der Waals surface area contributed by atoms with Gasteiger partial charge in [-0.05, 0) is 6.42 Å². The Morgan fingerprint density at radius 2 is 2.33 bits per heavy atom. The second-order valence-corrected chi connectivity index (χ2v) is 3.07. The number of nitrogens with one attached hydrogen (secondary N) is 1. The van der Waals surface area contributed by atoms with Crippen molar-refractivity contribution in [2.75, 3.05) is 6.54 Å². The number of piperidine rings is 1. The van der Waals surface area contributed by atoms with Crippen LogP contribution >= 0.6 is 0 Å². The Kier molecular flexibility index (Phi) is 3.02. The first-order chi connectivity index (χ1) is 5.59. The summed E-state index contributed by atoms with van der Waals surface area (Å²) < 4.78 is 0. The monoisotopic (exact) mass is 174 g/mol. The maximum Gasteiger partial charge on any atom is 0.217 e. The number of aliphatic hydroxyl groups excluding tert-OH is 1. The minimum atomic E-state index is -0.851. The summed E-state index contributed by atoms with van der Waals surface area (Å²) in [5, 5.41) is 21.8. The third-order valence-electron chi connectivity index (χ3n) is 1.95. The lowest BCUT2D eigenvalue weighted by atomic mass is 10.1. The number of aliphatic hydroxyl groups is 1. The summed E-state index contributed by atoms with van der Waals surface area (Å²) in [6, 6.07) is -0.0131. The molecular weight excluding hydrogens is 160 g/mol. The van der Waals surface area contributed by atoms with Gasteiger partial charge in [-0.2, -0.15) is 5.06 Å². The summed E-state index contributed by atoms with van der Waals surface area (Å²) in [7, 11) is 0. The molecule has 1 aliphatic rings. The van der Waals surface area contributed by atoms with Crippen molar-refractivity contribution in [2.45, 2.75) is 32.0 Å². The Balaban J connectivity index is 2.35. The van der Waals surface area contributed by atoms with Gasteiger partial charge in [0.2, 0.25) is 5.91 Å². The highest BCUT2D eigenvalue weighted by Gasteiger charge is 2.25. The van der Waals surface area contributed by atoms with Gasteiger partial charge in [-0.3, -0.25) is 4.79 Å². The fourth-order valence-corrected chi connectivity index (χ4v) is 1.35. The van der Waals surface area contributed by atoms with Crippen molar-refractivity contribution in [3.8, 4) is 0 Å². The van der Waals surface area contributed by atoms with E-state index in [0.29, 0.717) is 19.4 Å². The maximum atomic E-state index is 10.6. The molecule has 3 N–H and O–H groups in total. The molecule has 0 aromatic heterocycles.